The summed E-state index contributed by atoms with van der Waals surface area (Å²) in [5.74, 6) is 1.51. The molecule has 2 aromatic heterocycles. The number of halogens is 1. The molecule has 2 aliphatic rings. The molecule has 10 nitrogen and oxygen atoms in total. The average molecular weight is 610 g/mol. The number of likely N-dealkylation sites (N-methyl/N-ethyl adjacent to an activating group) is 1. The average Bonchev–Trinajstić information content (AvgIpc) is 3.06. The molecule has 0 unspecified atom stereocenters. The van der Waals surface area contributed by atoms with Gasteiger partial charge >= 0.3 is 0 Å². The van der Waals surface area contributed by atoms with E-state index in [-0.39, 0.29) is 17.6 Å². The second kappa shape index (κ2) is 13.3. The first-order chi connectivity index (χ1) is 21.9. The first kappa shape index (κ1) is 30.0. The van der Waals surface area contributed by atoms with Crippen LogP contribution < -0.4 is 20.1 Å². The normalized spacial score (nSPS) is 15.8. The van der Waals surface area contributed by atoms with Gasteiger partial charge in [-0.05, 0) is 62.2 Å². The molecule has 2 N–H and O–H groups in total. The van der Waals surface area contributed by atoms with E-state index in [4.69, 9.17) is 9.47 Å². The van der Waals surface area contributed by atoms with E-state index in [2.05, 4.69) is 50.2 Å². The number of carbonyl (C=O) groups is 1. The van der Waals surface area contributed by atoms with Crippen LogP contribution in [0.3, 0.4) is 0 Å². The lowest BCUT2D eigenvalue weighted by Gasteiger charge is -2.32. The van der Waals surface area contributed by atoms with Crippen LogP contribution in [-0.4, -0.2) is 77.0 Å². The Kier molecular flexibility index (Phi) is 8.88. The fourth-order valence-corrected chi connectivity index (χ4v) is 5.64. The molecule has 0 radical (unpaired) electrons. The van der Waals surface area contributed by atoms with Gasteiger partial charge in [0.15, 0.2) is 0 Å². The number of benzene rings is 2. The minimum absolute atomic E-state index is 0.0520. The molecule has 0 bridgehead atoms. The SMILES string of the molecule is C=CC(=O)N1CCC(Nc2cc3c(Nc4ccc(Oc5ccnc(C6=CCN(C)CC6)c5)cc4F)ncnc3cc2OC)CC1. The van der Waals surface area contributed by atoms with Gasteiger partial charge in [-0.2, -0.15) is 0 Å². The summed E-state index contributed by atoms with van der Waals surface area (Å²) in [6.45, 7) is 6.73. The fraction of sp³-hybridized carbons (Fsp3) is 0.294. The van der Waals surface area contributed by atoms with Crippen LogP contribution in [0.1, 0.15) is 25.0 Å². The summed E-state index contributed by atoms with van der Waals surface area (Å²) in [7, 11) is 3.70. The largest absolute Gasteiger partial charge is 0.495 e. The van der Waals surface area contributed by atoms with Crippen LogP contribution in [0, 0.1) is 5.82 Å². The van der Waals surface area contributed by atoms with Crippen LogP contribution in [0.5, 0.6) is 17.2 Å². The number of hydrogen-bond acceptors (Lipinski definition) is 9. The minimum Gasteiger partial charge on any atom is -0.495 e. The standard InChI is InChI=1S/C34H36FN7O3/c1-4-33(43)42-15-10-23(11-16-42)39-31-19-26-30(20-32(31)44-3)37-21-38-34(26)40-28-6-5-24(17-27(28)35)45-25-7-12-36-29(18-25)22-8-13-41(2)14-9-22/h4-8,12,17-21,23,39H,1,9-11,13-16H2,2-3H3,(H,37,38,40). The maximum absolute atomic E-state index is 15.4. The molecule has 232 valence electrons. The Morgan fingerprint density at radius 3 is 2.60 bits per heavy atom. The lowest BCUT2D eigenvalue weighted by atomic mass is 10.0. The van der Waals surface area contributed by atoms with Crippen molar-refractivity contribution in [3.05, 3.63) is 85.2 Å². The van der Waals surface area contributed by atoms with Gasteiger partial charge in [-0.1, -0.05) is 12.7 Å². The highest BCUT2D eigenvalue weighted by Gasteiger charge is 2.23. The highest BCUT2D eigenvalue weighted by atomic mass is 19.1. The number of methoxy groups -OCH3 is 1. The molecule has 11 heteroatoms. The third-order valence-corrected chi connectivity index (χ3v) is 8.20. The van der Waals surface area contributed by atoms with Crippen LogP contribution >= 0.6 is 0 Å². The van der Waals surface area contributed by atoms with Gasteiger partial charge in [0.25, 0.3) is 0 Å². The highest BCUT2D eigenvalue weighted by molar-refractivity contribution is 5.95. The first-order valence-electron chi connectivity index (χ1n) is 15.0. The van der Waals surface area contributed by atoms with Crippen molar-refractivity contribution in [1.82, 2.24) is 24.8 Å². The van der Waals surface area contributed by atoms with Gasteiger partial charge in [-0.3, -0.25) is 9.78 Å². The predicted octanol–water partition coefficient (Wildman–Crippen LogP) is 6.02. The van der Waals surface area contributed by atoms with E-state index in [1.165, 1.54) is 24.0 Å². The van der Waals surface area contributed by atoms with Crippen LogP contribution in [0.4, 0.5) is 21.6 Å². The topological polar surface area (TPSA) is 105 Å². The molecule has 4 aromatic rings. The molecule has 4 heterocycles. The number of carbonyl (C=O) groups excluding carboxylic acids is 1. The van der Waals surface area contributed by atoms with Crippen molar-refractivity contribution in [2.75, 3.05) is 51.0 Å². The lowest BCUT2D eigenvalue weighted by Crippen LogP contribution is -2.41. The number of fused-ring (bicyclic) bond motifs is 1. The van der Waals surface area contributed by atoms with E-state index in [0.29, 0.717) is 47.1 Å². The Bertz CT molecular complexity index is 1750. The zero-order valence-corrected chi connectivity index (χ0v) is 25.4. The van der Waals surface area contributed by atoms with Crippen LogP contribution in [0.15, 0.2) is 73.7 Å². The molecule has 0 atom stereocenters. The number of nitrogens with one attached hydrogen (secondary N) is 2. The summed E-state index contributed by atoms with van der Waals surface area (Å²) in [4.78, 5) is 29.3. The monoisotopic (exact) mass is 609 g/mol. The third-order valence-electron chi connectivity index (χ3n) is 8.20. The number of amides is 1. The van der Waals surface area contributed by atoms with Gasteiger partial charge in [0, 0.05) is 62.0 Å². The zero-order valence-electron chi connectivity index (χ0n) is 25.4. The second-order valence-electron chi connectivity index (χ2n) is 11.2. The molecular weight excluding hydrogens is 573 g/mol. The van der Waals surface area contributed by atoms with Crippen molar-refractivity contribution in [2.24, 2.45) is 0 Å². The van der Waals surface area contributed by atoms with Gasteiger partial charge < -0.3 is 29.9 Å². The number of anilines is 3. The molecule has 0 aliphatic carbocycles. The summed E-state index contributed by atoms with van der Waals surface area (Å²) in [6, 6.07) is 12.2. The quantitative estimate of drug-likeness (QED) is 0.221. The molecule has 0 saturated carbocycles. The van der Waals surface area contributed by atoms with Gasteiger partial charge in [0.2, 0.25) is 5.91 Å². The Morgan fingerprint density at radius 1 is 1.04 bits per heavy atom. The van der Waals surface area contributed by atoms with Gasteiger partial charge in [-0.25, -0.2) is 14.4 Å². The van der Waals surface area contributed by atoms with E-state index in [1.54, 1.807) is 36.4 Å². The number of piperidine rings is 1. The number of aromatic nitrogens is 3. The van der Waals surface area contributed by atoms with Crippen LogP contribution in [0.25, 0.3) is 16.5 Å². The summed E-state index contributed by atoms with van der Waals surface area (Å²) in [6.07, 6.45) is 9.16. The molecule has 1 saturated heterocycles. The van der Waals surface area contributed by atoms with Crippen molar-refractivity contribution in [3.63, 3.8) is 0 Å². The Balaban J connectivity index is 1.18. The first-order valence-corrected chi connectivity index (χ1v) is 15.0. The molecular formula is C34H36FN7O3. The van der Waals surface area contributed by atoms with Crippen molar-refractivity contribution in [3.8, 4) is 17.2 Å². The number of pyridine rings is 1. The van der Waals surface area contributed by atoms with Crippen molar-refractivity contribution >= 4 is 39.6 Å². The number of rotatable bonds is 9. The summed E-state index contributed by atoms with van der Waals surface area (Å²) in [5, 5.41) is 7.39. The number of ether oxygens (including phenoxy) is 2. The molecule has 0 spiro atoms. The second-order valence-corrected chi connectivity index (χ2v) is 11.2. The van der Waals surface area contributed by atoms with Crippen LogP contribution in [0.2, 0.25) is 0 Å². The fourth-order valence-electron chi connectivity index (χ4n) is 5.64. The van der Waals surface area contributed by atoms with Crippen molar-refractivity contribution in [1.29, 1.82) is 0 Å². The van der Waals surface area contributed by atoms with Crippen molar-refractivity contribution < 1.29 is 18.7 Å². The van der Waals surface area contributed by atoms with Gasteiger partial charge in [0.1, 0.15) is 35.2 Å². The summed E-state index contributed by atoms with van der Waals surface area (Å²) >= 11 is 0. The molecule has 2 aliphatic heterocycles. The molecule has 6 rings (SSSR count). The molecule has 1 amide bonds. The van der Waals surface area contributed by atoms with E-state index in [1.807, 2.05) is 18.2 Å². The van der Waals surface area contributed by atoms with Gasteiger partial charge in [0.05, 0.1) is 29.7 Å². The smallest absolute Gasteiger partial charge is 0.245 e. The van der Waals surface area contributed by atoms with Gasteiger partial charge in [-0.15, -0.1) is 0 Å². The Hall–Kier alpha value is -5.03. The maximum atomic E-state index is 15.4. The highest BCUT2D eigenvalue weighted by Crippen LogP contribution is 2.35. The summed E-state index contributed by atoms with van der Waals surface area (Å²) < 4.78 is 27.0. The predicted molar refractivity (Wildman–Crippen MR) is 174 cm³/mol. The van der Waals surface area contributed by atoms with E-state index in [9.17, 15) is 4.79 Å². The molecule has 2 aromatic carbocycles. The Morgan fingerprint density at radius 2 is 1.87 bits per heavy atom. The number of hydrogen-bond donors (Lipinski definition) is 2. The minimum atomic E-state index is -0.487. The Labute approximate surface area is 261 Å². The van der Waals surface area contributed by atoms with E-state index >= 15 is 4.39 Å². The van der Waals surface area contributed by atoms with Crippen molar-refractivity contribution in [2.45, 2.75) is 25.3 Å². The lowest BCUT2D eigenvalue weighted by molar-refractivity contribution is -0.126. The number of likely N-dealkylation sites (tertiary alicyclic amines) is 1. The number of nitrogens with zero attached hydrogens (tertiary/aromatic N) is 5. The van der Waals surface area contributed by atoms with E-state index < -0.39 is 5.82 Å². The maximum Gasteiger partial charge on any atom is 0.245 e. The van der Waals surface area contributed by atoms with E-state index in [0.717, 1.165) is 43.7 Å². The third kappa shape index (κ3) is 6.88. The molecule has 45 heavy (non-hydrogen) atoms. The molecule has 1 fully saturated rings. The summed E-state index contributed by atoms with van der Waals surface area (Å²) in [5.41, 5.74) is 3.72. The zero-order chi connectivity index (χ0) is 31.3. The van der Waals surface area contributed by atoms with Crippen LogP contribution in [-0.2, 0) is 4.79 Å².